The van der Waals surface area contributed by atoms with Crippen molar-refractivity contribution in [2.75, 3.05) is 31.1 Å². The fourth-order valence-corrected chi connectivity index (χ4v) is 6.21. The largest absolute Gasteiger partial charge is 0.365 e. The number of anilines is 1. The highest BCUT2D eigenvalue weighted by molar-refractivity contribution is 7.14. The van der Waals surface area contributed by atoms with E-state index < -0.39 is 42.1 Å². The summed E-state index contributed by atoms with van der Waals surface area (Å²) in [5, 5.41) is 5.31. The van der Waals surface area contributed by atoms with Gasteiger partial charge in [0.05, 0.1) is 12.2 Å². The Kier molecular flexibility index (Phi) is 7.69. The molecular weight excluding hydrogens is 533 g/mol. The Morgan fingerprint density at radius 3 is 2.56 bits per heavy atom. The lowest BCUT2D eigenvalue weighted by Gasteiger charge is -2.31. The van der Waals surface area contributed by atoms with Crippen LogP contribution in [0.2, 0.25) is 0 Å². The van der Waals surface area contributed by atoms with E-state index in [0.29, 0.717) is 22.8 Å². The molecule has 8 nitrogen and oxygen atoms in total. The third kappa shape index (κ3) is 5.81. The number of piperidine rings is 1. The van der Waals surface area contributed by atoms with Crippen molar-refractivity contribution in [1.29, 1.82) is 0 Å². The summed E-state index contributed by atoms with van der Waals surface area (Å²) in [6.07, 6.45) is -2.46. The fraction of sp³-hybridized carbons (Fsp3) is 0.556. The van der Waals surface area contributed by atoms with Crippen LogP contribution in [-0.2, 0) is 14.3 Å². The summed E-state index contributed by atoms with van der Waals surface area (Å²) in [7, 11) is 0. The van der Waals surface area contributed by atoms with Crippen LogP contribution in [0.15, 0.2) is 29.6 Å². The van der Waals surface area contributed by atoms with Crippen LogP contribution in [0.3, 0.4) is 0 Å². The third-order valence-electron chi connectivity index (χ3n) is 7.42. The number of thiazole rings is 1. The van der Waals surface area contributed by atoms with Gasteiger partial charge in [-0.15, -0.1) is 11.3 Å². The number of hydrogen-bond acceptors (Lipinski definition) is 7. The molecule has 5 rings (SSSR count). The molecule has 0 spiro atoms. The van der Waals surface area contributed by atoms with Gasteiger partial charge >= 0.3 is 0 Å². The third-order valence-corrected chi connectivity index (χ3v) is 8.32. The monoisotopic (exact) mass is 564 g/mol. The first kappa shape index (κ1) is 27.6. The van der Waals surface area contributed by atoms with E-state index in [1.54, 1.807) is 24.3 Å². The van der Waals surface area contributed by atoms with E-state index in [4.69, 9.17) is 4.74 Å². The van der Waals surface area contributed by atoms with E-state index in [1.165, 1.54) is 16.2 Å². The Balaban J connectivity index is 1.25. The lowest BCUT2D eigenvalue weighted by molar-refractivity contribution is -0.138. The summed E-state index contributed by atoms with van der Waals surface area (Å²) >= 11 is 1.39. The molecular formula is C27H31F3N4O4S. The average molecular weight is 565 g/mol. The minimum atomic E-state index is -2.62. The van der Waals surface area contributed by atoms with Crippen LogP contribution in [0.5, 0.6) is 0 Å². The molecule has 2 aromatic rings. The number of rotatable bonds is 7. The van der Waals surface area contributed by atoms with E-state index >= 15 is 0 Å². The van der Waals surface area contributed by atoms with E-state index in [9.17, 15) is 27.6 Å². The van der Waals surface area contributed by atoms with Crippen LogP contribution < -0.4 is 10.2 Å². The summed E-state index contributed by atoms with van der Waals surface area (Å²) in [6.45, 7) is 3.86. The number of carbonyl (C=O) groups is 3. The Morgan fingerprint density at radius 2 is 1.90 bits per heavy atom. The number of aromatic nitrogens is 1. The van der Waals surface area contributed by atoms with Gasteiger partial charge in [0.1, 0.15) is 31.0 Å². The zero-order valence-corrected chi connectivity index (χ0v) is 22.6. The fourth-order valence-electron chi connectivity index (χ4n) is 5.32. The standard InChI is InChI=1S/C27H31F3N4O4S/c1-15(2)11-19(25(37)34-12-18(28)23-22(34)21(35)13-38-23)31-24(36)17-5-3-16(4-6-17)20-14-39-26(32-20)33-9-7-27(29,30)8-10-33/h3-6,14-15,18-19,22-23H,7-13H2,1-2H3,(H,31,36)/t18-,19?,22+,23+/m0/s1. The Bertz CT molecular complexity index is 1230. The van der Waals surface area contributed by atoms with Crippen LogP contribution in [-0.4, -0.2) is 84.0 Å². The number of nitrogens with one attached hydrogen (secondary N) is 1. The topological polar surface area (TPSA) is 91.8 Å². The maximum Gasteiger partial charge on any atom is 0.251 e. The van der Waals surface area contributed by atoms with Crippen molar-refractivity contribution < 1.29 is 32.3 Å². The maximum absolute atomic E-state index is 14.4. The van der Waals surface area contributed by atoms with Crippen molar-refractivity contribution in [3.63, 3.8) is 0 Å². The first-order valence-electron chi connectivity index (χ1n) is 13.1. The van der Waals surface area contributed by atoms with E-state index in [1.807, 2.05) is 24.1 Å². The zero-order chi connectivity index (χ0) is 27.9. The molecule has 3 aliphatic heterocycles. The number of carbonyl (C=O) groups excluding carboxylic acids is 3. The zero-order valence-electron chi connectivity index (χ0n) is 21.7. The first-order chi connectivity index (χ1) is 18.5. The molecule has 4 atom stereocenters. The lowest BCUT2D eigenvalue weighted by atomic mass is 10.0. The van der Waals surface area contributed by atoms with E-state index in [-0.39, 0.29) is 50.8 Å². The molecule has 3 aliphatic rings. The SMILES string of the molecule is CC(C)CC(NC(=O)c1ccc(-c2csc(N3CCC(F)(F)CC3)n2)cc1)C(=O)N1C[C@H](F)[C@H]2OCC(=O)[C@H]21. The van der Waals surface area contributed by atoms with Gasteiger partial charge in [-0.3, -0.25) is 14.4 Å². The van der Waals surface area contributed by atoms with Gasteiger partial charge in [0, 0.05) is 42.4 Å². The van der Waals surface area contributed by atoms with Crippen molar-refractivity contribution in [3.05, 3.63) is 35.2 Å². The van der Waals surface area contributed by atoms with Gasteiger partial charge in [0.2, 0.25) is 5.91 Å². The highest BCUT2D eigenvalue weighted by Crippen LogP contribution is 2.34. The van der Waals surface area contributed by atoms with Gasteiger partial charge in [-0.05, 0) is 24.5 Å². The molecule has 1 aromatic heterocycles. The molecule has 0 aliphatic carbocycles. The molecule has 0 saturated carbocycles. The minimum absolute atomic E-state index is 0.0571. The molecule has 1 unspecified atom stereocenters. The molecule has 3 saturated heterocycles. The number of Topliss-reactive ketones (excluding diaryl/α,β-unsaturated/α-hetero) is 1. The molecule has 0 radical (unpaired) electrons. The van der Waals surface area contributed by atoms with Crippen LogP contribution in [0.4, 0.5) is 18.3 Å². The number of fused-ring (bicyclic) bond motifs is 1. The first-order valence-corrected chi connectivity index (χ1v) is 14.0. The highest BCUT2D eigenvalue weighted by atomic mass is 32.1. The number of likely N-dealkylation sites (tertiary alicyclic amines) is 1. The molecule has 12 heteroatoms. The van der Waals surface area contributed by atoms with Crippen molar-refractivity contribution in [1.82, 2.24) is 15.2 Å². The number of amides is 2. The summed E-state index contributed by atoms with van der Waals surface area (Å²) in [4.78, 5) is 46.4. The molecule has 0 bridgehead atoms. The quantitative estimate of drug-likeness (QED) is 0.552. The van der Waals surface area contributed by atoms with Crippen LogP contribution >= 0.6 is 11.3 Å². The number of hydrogen-bond donors (Lipinski definition) is 1. The number of ether oxygens (including phenoxy) is 1. The number of benzene rings is 1. The van der Waals surface area contributed by atoms with Crippen LogP contribution in [0, 0.1) is 5.92 Å². The normalized spacial score (nSPS) is 25.2. The van der Waals surface area contributed by atoms with E-state index in [0.717, 1.165) is 5.56 Å². The Morgan fingerprint density at radius 1 is 1.21 bits per heavy atom. The number of ketones is 1. The van der Waals surface area contributed by atoms with Crippen LogP contribution in [0.1, 0.15) is 43.5 Å². The predicted molar refractivity (Wildman–Crippen MR) is 140 cm³/mol. The Labute approximate surface area is 228 Å². The molecule has 39 heavy (non-hydrogen) atoms. The molecule has 3 fully saturated rings. The highest BCUT2D eigenvalue weighted by Gasteiger charge is 2.53. The van der Waals surface area contributed by atoms with Gasteiger partial charge < -0.3 is 19.9 Å². The van der Waals surface area contributed by atoms with Crippen molar-refractivity contribution >= 4 is 34.1 Å². The minimum Gasteiger partial charge on any atom is -0.365 e. The van der Waals surface area contributed by atoms with Gasteiger partial charge in [0.15, 0.2) is 10.9 Å². The van der Waals surface area contributed by atoms with Crippen molar-refractivity contribution in [3.8, 4) is 11.3 Å². The summed E-state index contributed by atoms with van der Waals surface area (Å²) in [5.74, 6) is -3.85. The molecule has 1 aromatic carbocycles. The van der Waals surface area contributed by atoms with Gasteiger partial charge in [-0.25, -0.2) is 18.2 Å². The average Bonchev–Trinajstić information content (AvgIpc) is 3.61. The van der Waals surface area contributed by atoms with Gasteiger partial charge in [0.25, 0.3) is 11.8 Å². The van der Waals surface area contributed by atoms with E-state index in [2.05, 4.69) is 10.3 Å². The van der Waals surface area contributed by atoms with Crippen molar-refractivity contribution in [2.24, 2.45) is 5.92 Å². The molecule has 1 N–H and O–H groups in total. The second kappa shape index (κ2) is 10.9. The summed E-state index contributed by atoms with van der Waals surface area (Å²) in [5.41, 5.74) is 1.78. The van der Waals surface area contributed by atoms with Crippen LogP contribution in [0.25, 0.3) is 11.3 Å². The molecule has 4 heterocycles. The summed E-state index contributed by atoms with van der Waals surface area (Å²) in [6, 6.07) is 4.85. The molecule has 2 amide bonds. The Hall–Kier alpha value is -2.99. The number of nitrogens with zero attached hydrogens (tertiary/aromatic N) is 3. The smallest absolute Gasteiger partial charge is 0.251 e. The van der Waals surface area contributed by atoms with Gasteiger partial charge in [-0.1, -0.05) is 26.0 Å². The maximum atomic E-state index is 14.4. The van der Waals surface area contributed by atoms with Crippen molar-refractivity contribution in [2.45, 2.75) is 63.4 Å². The molecule has 210 valence electrons. The summed E-state index contributed by atoms with van der Waals surface area (Å²) < 4.78 is 46.6. The predicted octanol–water partition coefficient (Wildman–Crippen LogP) is 3.71. The second-order valence-corrected chi connectivity index (χ2v) is 11.6. The lowest BCUT2D eigenvalue weighted by Crippen LogP contribution is -2.52. The number of alkyl halides is 3. The second-order valence-electron chi connectivity index (χ2n) is 10.8. The number of halogens is 3. The van der Waals surface area contributed by atoms with Gasteiger partial charge in [-0.2, -0.15) is 0 Å².